The van der Waals surface area contributed by atoms with E-state index >= 15 is 0 Å². The average Bonchev–Trinajstić information content (AvgIpc) is 2.43. The topological polar surface area (TPSA) is 43.1 Å². The quantitative estimate of drug-likeness (QED) is 0.932. The lowest BCUT2D eigenvalue weighted by Gasteiger charge is -2.11. The van der Waals surface area contributed by atoms with Crippen molar-refractivity contribution in [3.05, 3.63) is 70.5 Å². The maximum Gasteiger partial charge on any atom is 0.158 e. The maximum absolute atomic E-state index is 13.5. The summed E-state index contributed by atoms with van der Waals surface area (Å²) in [6.07, 6.45) is -0.0670. The summed E-state index contributed by atoms with van der Waals surface area (Å²) in [5, 5.41) is 0.400. The largest absolute Gasteiger partial charge is 0.318 e. The number of carbonyl (C=O) groups excluding carboxylic acids is 1. The maximum atomic E-state index is 13.5. The van der Waals surface area contributed by atoms with Crippen LogP contribution in [0.15, 0.2) is 48.5 Å². The lowest BCUT2D eigenvalue weighted by Crippen LogP contribution is -2.23. The highest BCUT2D eigenvalue weighted by atomic mass is 35.5. The second-order valence-corrected chi connectivity index (χ2v) is 4.70. The third-order valence-corrected chi connectivity index (χ3v) is 3.11. The van der Waals surface area contributed by atoms with Gasteiger partial charge in [0.25, 0.3) is 0 Å². The van der Waals surface area contributed by atoms with Gasteiger partial charge in [-0.1, -0.05) is 41.9 Å². The highest BCUT2D eigenvalue weighted by Crippen LogP contribution is 2.18. The number of hydrogen-bond acceptors (Lipinski definition) is 2. The van der Waals surface area contributed by atoms with Gasteiger partial charge in [-0.05, 0) is 29.3 Å². The van der Waals surface area contributed by atoms with Gasteiger partial charge in [-0.2, -0.15) is 0 Å². The normalized spacial score (nSPS) is 12.2. The van der Waals surface area contributed by atoms with Crippen LogP contribution in [-0.4, -0.2) is 5.78 Å². The standard InChI is InChI=1S/C15H13ClFNO/c16-12-6-7-13(17)11(8-12)9-14(19)15(18)10-4-2-1-3-5-10/h1-8,15H,9,18H2. The molecule has 1 unspecified atom stereocenters. The third-order valence-electron chi connectivity index (χ3n) is 2.88. The van der Waals surface area contributed by atoms with Crippen molar-refractivity contribution in [3.8, 4) is 0 Å². The van der Waals surface area contributed by atoms with E-state index in [-0.39, 0.29) is 17.8 Å². The van der Waals surface area contributed by atoms with Gasteiger partial charge in [0.05, 0.1) is 6.04 Å². The van der Waals surface area contributed by atoms with Crippen LogP contribution >= 0.6 is 11.6 Å². The highest BCUT2D eigenvalue weighted by Gasteiger charge is 2.17. The smallest absolute Gasteiger partial charge is 0.158 e. The van der Waals surface area contributed by atoms with E-state index in [1.54, 1.807) is 12.1 Å². The Morgan fingerprint density at radius 1 is 1.21 bits per heavy atom. The van der Waals surface area contributed by atoms with Crippen molar-refractivity contribution in [2.24, 2.45) is 5.73 Å². The first-order chi connectivity index (χ1) is 9.08. The fourth-order valence-corrected chi connectivity index (χ4v) is 2.02. The van der Waals surface area contributed by atoms with Crippen LogP contribution in [0.25, 0.3) is 0 Å². The zero-order chi connectivity index (χ0) is 13.8. The minimum Gasteiger partial charge on any atom is -0.318 e. The monoisotopic (exact) mass is 277 g/mol. The zero-order valence-electron chi connectivity index (χ0n) is 10.1. The Labute approximate surface area is 116 Å². The number of hydrogen-bond donors (Lipinski definition) is 1. The molecule has 0 aliphatic carbocycles. The first kappa shape index (κ1) is 13.7. The molecule has 2 N–H and O–H groups in total. The van der Waals surface area contributed by atoms with Crippen molar-refractivity contribution in [1.29, 1.82) is 0 Å². The zero-order valence-corrected chi connectivity index (χ0v) is 10.9. The van der Waals surface area contributed by atoms with Gasteiger partial charge in [0.15, 0.2) is 5.78 Å². The fraction of sp³-hybridized carbons (Fsp3) is 0.133. The molecule has 0 saturated carbocycles. The van der Waals surface area contributed by atoms with Crippen molar-refractivity contribution in [2.75, 3.05) is 0 Å². The molecule has 0 aromatic heterocycles. The molecule has 2 nitrogen and oxygen atoms in total. The van der Waals surface area contributed by atoms with E-state index in [4.69, 9.17) is 17.3 Å². The molecular formula is C15H13ClFNO. The molecule has 0 fully saturated rings. The number of halogens is 2. The molecule has 0 radical (unpaired) electrons. The lowest BCUT2D eigenvalue weighted by atomic mass is 9.98. The van der Waals surface area contributed by atoms with E-state index in [2.05, 4.69) is 0 Å². The summed E-state index contributed by atoms with van der Waals surface area (Å²) >= 11 is 5.79. The predicted octanol–water partition coefficient (Wildman–Crippen LogP) is 3.29. The van der Waals surface area contributed by atoms with E-state index in [1.807, 2.05) is 18.2 Å². The molecule has 19 heavy (non-hydrogen) atoms. The van der Waals surface area contributed by atoms with Crippen LogP contribution in [0, 0.1) is 5.82 Å². The van der Waals surface area contributed by atoms with E-state index in [0.29, 0.717) is 5.02 Å². The van der Waals surface area contributed by atoms with E-state index in [0.717, 1.165) is 5.56 Å². The molecule has 0 saturated heterocycles. The number of Topliss-reactive ketones (excluding diaryl/α,β-unsaturated/α-hetero) is 1. The van der Waals surface area contributed by atoms with E-state index < -0.39 is 11.9 Å². The SMILES string of the molecule is NC(C(=O)Cc1cc(Cl)ccc1F)c1ccccc1. The van der Waals surface area contributed by atoms with Crippen molar-refractivity contribution in [3.63, 3.8) is 0 Å². The predicted molar refractivity (Wildman–Crippen MR) is 73.5 cm³/mol. The molecule has 2 aromatic carbocycles. The van der Waals surface area contributed by atoms with Crippen molar-refractivity contribution in [2.45, 2.75) is 12.5 Å². The summed E-state index contributed by atoms with van der Waals surface area (Å²) in [4.78, 5) is 12.0. The molecule has 1 atom stereocenters. The van der Waals surface area contributed by atoms with Crippen LogP contribution in [0.4, 0.5) is 4.39 Å². The van der Waals surface area contributed by atoms with Gasteiger partial charge in [-0.15, -0.1) is 0 Å². The average molecular weight is 278 g/mol. The molecule has 0 amide bonds. The molecule has 0 bridgehead atoms. The number of carbonyl (C=O) groups is 1. The van der Waals surface area contributed by atoms with Gasteiger partial charge in [-0.3, -0.25) is 4.79 Å². The summed E-state index contributed by atoms with van der Waals surface area (Å²) < 4.78 is 13.5. The van der Waals surface area contributed by atoms with Gasteiger partial charge in [0, 0.05) is 11.4 Å². The van der Waals surface area contributed by atoms with Crippen LogP contribution in [0.2, 0.25) is 5.02 Å². The minimum atomic E-state index is -0.750. The first-order valence-corrected chi connectivity index (χ1v) is 6.23. The number of nitrogens with two attached hydrogens (primary N) is 1. The Morgan fingerprint density at radius 3 is 2.58 bits per heavy atom. The van der Waals surface area contributed by atoms with E-state index in [1.165, 1.54) is 18.2 Å². The Hall–Kier alpha value is -1.71. The Bertz CT molecular complexity index is 586. The molecular weight excluding hydrogens is 265 g/mol. The molecule has 0 aliphatic rings. The second kappa shape index (κ2) is 5.95. The van der Waals surface area contributed by atoms with Crippen molar-refractivity contribution >= 4 is 17.4 Å². The van der Waals surface area contributed by atoms with Crippen LogP contribution in [0.3, 0.4) is 0 Å². The Kier molecular flexibility index (Phi) is 4.30. The van der Waals surface area contributed by atoms with Gasteiger partial charge in [0.2, 0.25) is 0 Å². The van der Waals surface area contributed by atoms with Gasteiger partial charge in [-0.25, -0.2) is 4.39 Å². The molecule has 4 heteroatoms. The Morgan fingerprint density at radius 2 is 1.89 bits per heavy atom. The summed E-state index contributed by atoms with van der Waals surface area (Å²) in [6, 6.07) is 12.4. The van der Waals surface area contributed by atoms with Gasteiger partial charge < -0.3 is 5.73 Å². The fourth-order valence-electron chi connectivity index (χ4n) is 1.82. The molecule has 98 valence electrons. The summed E-state index contributed by atoms with van der Waals surface area (Å²) in [5.74, 6) is -0.689. The Balaban J connectivity index is 2.15. The van der Waals surface area contributed by atoms with Gasteiger partial charge >= 0.3 is 0 Å². The van der Waals surface area contributed by atoms with Gasteiger partial charge in [0.1, 0.15) is 5.82 Å². The molecule has 0 aliphatic heterocycles. The number of ketones is 1. The van der Waals surface area contributed by atoms with E-state index in [9.17, 15) is 9.18 Å². The number of rotatable bonds is 4. The molecule has 2 rings (SSSR count). The lowest BCUT2D eigenvalue weighted by molar-refractivity contribution is -0.119. The third kappa shape index (κ3) is 3.40. The summed E-state index contributed by atoms with van der Waals surface area (Å²) in [7, 11) is 0. The minimum absolute atomic E-state index is 0.0670. The molecule has 0 heterocycles. The van der Waals surface area contributed by atoms with Crippen LogP contribution in [-0.2, 0) is 11.2 Å². The first-order valence-electron chi connectivity index (χ1n) is 5.85. The second-order valence-electron chi connectivity index (χ2n) is 4.27. The van der Waals surface area contributed by atoms with Crippen molar-refractivity contribution < 1.29 is 9.18 Å². The van der Waals surface area contributed by atoms with Crippen LogP contribution in [0.1, 0.15) is 17.2 Å². The summed E-state index contributed by atoms with van der Waals surface area (Å²) in [6.45, 7) is 0. The van der Waals surface area contributed by atoms with Crippen molar-refractivity contribution in [1.82, 2.24) is 0 Å². The number of benzene rings is 2. The van der Waals surface area contributed by atoms with Crippen LogP contribution in [0.5, 0.6) is 0 Å². The molecule has 0 spiro atoms. The summed E-state index contributed by atoms with van der Waals surface area (Å²) in [5.41, 5.74) is 6.85. The molecule has 2 aromatic rings. The highest BCUT2D eigenvalue weighted by molar-refractivity contribution is 6.30. The van der Waals surface area contributed by atoms with Crippen LogP contribution < -0.4 is 5.73 Å².